The van der Waals surface area contributed by atoms with Gasteiger partial charge in [-0.2, -0.15) is 0 Å². The maximum atomic E-state index is 6.97. The molecular formula is C69H51NO2. The van der Waals surface area contributed by atoms with Crippen LogP contribution in [-0.2, 0) is 10.8 Å². The van der Waals surface area contributed by atoms with Gasteiger partial charge in [0, 0.05) is 60.4 Å². The zero-order valence-electron chi connectivity index (χ0n) is 41.6. The van der Waals surface area contributed by atoms with Crippen molar-refractivity contribution in [3.05, 3.63) is 232 Å². The van der Waals surface area contributed by atoms with Gasteiger partial charge in [0.1, 0.15) is 22.3 Å². The molecular weight excluding hydrogens is 875 g/mol. The first-order valence-electron chi connectivity index (χ1n) is 25.4. The van der Waals surface area contributed by atoms with Gasteiger partial charge in [-0.05, 0) is 173 Å². The van der Waals surface area contributed by atoms with E-state index in [0.29, 0.717) is 0 Å². The number of hydrogen-bond acceptors (Lipinski definition) is 3. The monoisotopic (exact) mass is 925 g/mol. The second-order valence-electron chi connectivity index (χ2n) is 21.6. The molecule has 4 bridgehead atoms. The minimum Gasteiger partial charge on any atom is -0.455 e. The van der Waals surface area contributed by atoms with E-state index in [0.717, 1.165) is 61.3 Å². The molecule has 3 nitrogen and oxygen atoms in total. The Kier molecular flexibility index (Phi) is 8.26. The molecule has 344 valence electrons. The smallest absolute Gasteiger partial charge is 0.143 e. The third-order valence-corrected chi connectivity index (χ3v) is 17.0. The van der Waals surface area contributed by atoms with Crippen LogP contribution in [-0.4, -0.2) is 0 Å². The molecule has 3 heteroatoms. The van der Waals surface area contributed by atoms with E-state index in [1.165, 1.54) is 105 Å². The summed E-state index contributed by atoms with van der Waals surface area (Å²) in [5.74, 6) is 0. The van der Waals surface area contributed by atoms with Crippen LogP contribution < -0.4 is 4.90 Å². The highest BCUT2D eigenvalue weighted by Crippen LogP contribution is 2.61. The summed E-state index contributed by atoms with van der Waals surface area (Å²) in [6, 6.07) is 68.5. The summed E-state index contributed by atoms with van der Waals surface area (Å²) in [6.45, 7) is 16.1. The van der Waals surface area contributed by atoms with Crippen LogP contribution in [0.3, 0.4) is 0 Å². The lowest BCUT2D eigenvalue weighted by molar-refractivity contribution is 0.657. The van der Waals surface area contributed by atoms with Crippen molar-refractivity contribution >= 4 is 60.9 Å². The fourth-order valence-electron chi connectivity index (χ4n) is 13.5. The molecule has 1 unspecified atom stereocenters. The molecule has 0 saturated carbocycles. The van der Waals surface area contributed by atoms with E-state index in [1.54, 1.807) is 0 Å². The molecule has 3 aliphatic rings. The molecule has 0 saturated heterocycles. The number of aryl methyl sites for hydroxylation is 4. The summed E-state index contributed by atoms with van der Waals surface area (Å²) < 4.78 is 13.9. The molecule has 0 fully saturated rings. The van der Waals surface area contributed by atoms with Crippen molar-refractivity contribution in [2.45, 2.75) is 59.3 Å². The molecule has 15 rings (SSSR count). The topological polar surface area (TPSA) is 29.5 Å². The lowest BCUT2D eigenvalue weighted by Gasteiger charge is -2.34. The average Bonchev–Trinajstić information content (AvgIpc) is 4.10. The Bertz CT molecular complexity index is 4380. The van der Waals surface area contributed by atoms with Gasteiger partial charge in [0.25, 0.3) is 0 Å². The third kappa shape index (κ3) is 5.40. The van der Waals surface area contributed by atoms with Crippen molar-refractivity contribution < 1.29 is 8.83 Å². The molecule has 10 aromatic carbocycles. The predicted octanol–water partition coefficient (Wildman–Crippen LogP) is 19.1. The van der Waals surface area contributed by atoms with E-state index in [9.17, 15) is 0 Å². The Labute approximate surface area is 419 Å². The molecule has 12 aromatic rings. The number of para-hydroxylation sites is 3. The average molecular weight is 926 g/mol. The van der Waals surface area contributed by atoms with E-state index >= 15 is 0 Å². The normalized spacial score (nSPS) is 15.8. The molecule has 1 aliphatic heterocycles. The lowest BCUT2D eigenvalue weighted by Crippen LogP contribution is -2.24. The van der Waals surface area contributed by atoms with Gasteiger partial charge in [-0.3, -0.25) is 0 Å². The van der Waals surface area contributed by atoms with Crippen molar-refractivity contribution in [2.24, 2.45) is 0 Å². The standard InChI is InChI=1S/C69H51NO2/c1-38-23-27-46(40(3)31-38)53-36-57-62(64-51-18-9-12-21-60(51)71-66(53)64)49-29-25-44(34-55(49)68(57,5)6)70-45-26-30-50-56(35-45)69(7,43-16-14-15-42(33-43)48-17-8-11-20-59(48)70)58-37-54(47-28-24-39(2)32-41(47)4)67-65(63(50)58)52-19-10-13-22-61(52)72-67/h8-37H,1-7H3. The Morgan fingerprint density at radius 2 is 0.917 bits per heavy atom. The summed E-state index contributed by atoms with van der Waals surface area (Å²) >= 11 is 0. The maximum absolute atomic E-state index is 6.97. The van der Waals surface area contributed by atoms with Gasteiger partial charge in [-0.25, -0.2) is 0 Å². The number of anilines is 3. The van der Waals surface area contributed by atoms with Gasteiger partial charge in [-0.15, -0.1) is 0 Å². The molecule has 0 N–H and O–H groups in total. The van der Waals surface area contributed by atoms with Crippen LogP contribution in [0.2, 0.25) is 0 Å². The SMILES string of the molecule is Cc1ccc(-c2cc3c(c4c2oc2ccccc24)-c2ccc(N4c5ccc6c(c5)C(C)(c5cccc(c5)-c5ccccc54)c4cc(-c5ccc(C)cc5C)c5oc7ccccc7c5c4-6)cc2C3(C)C)c(C)c1. The van der Waals surface area contributed by atoms with Gasteiger partial charge in [0.15, 0.2) is 0 Å². The van der Waals surface area contributed by atoms with E-state index in [2.05, 4.69) is 235 Å². The largest absolute Gasteiger partial charge is 0.455 e. The summed E-state index contributed by atoms with van der Waals surface area (Å²) in [5, 5.41) is 4.67. The Morgan fingerprint density at radius 1 is 0.389 bits per heavy atom. The summed E-state index contributed by atoms with van der Waals surface area (Å²) in [4.78, 5) is 2.52. The zero-order chi connectivity index (χ0) is 48.5. The zero-order valence-corrected chi connectivity index (χ0v) is 41.6. The van der Waals surface area contributed by atoms with E-state index < -0.39 is 5.41 Å². The first-order chi connectivity index (χ1) is 35.0. The number of furan rings is 2. The molecule has 3 heterocycles. The van der Waals surface area contributed by atoms with Crippen LogP contribution in [0, 0.1) is 27.7 Å². The number of hydrogen-bond donors (Lipinski definition) is 0. The Hall–Kier alpha value is -8.40. The van der Waals surface area contributed by atoms with Crippen LogP contribution in [0.1, 0.15) is 70.8 Å². The fourth-order valence-corrected chi connectivity index (χ4v) is 13.5. The van der Waals surface area contributed by atoms with Crippen molar-refractivity contribution in [1.82, 2.24) is 0 Å². The van der Waals surface area contributed by atoms with E-state index in [4.69, 9.17) is 8.83 Å². The highest BCUT2D eigenvalue weighted by molar-refractivity contribution is 6.20. The number of benzene rings is 10. The lowest BCUT2D eigenvalue weighted by atomic mass is 9.72. The van der Waals surface area contributed by atoms with Crippen LogP contribution in [0.25, 0.3) is 99.5 Å². The van der Waals surface area contributed by atoms with E-state index in [-0.39, 0.29) is 5.41 Å². The minimum atomic E-state index is -0.498. The van der Waals surface area contributed by atoms with Gasteiger partial charge in [0.05, 0.1) is 5.69 Å². The first-order valence-corrected chi connectivity index (χ1v) is 25.4. The van der Waals surface area contributed by atoms with Gasteiger partial charge < -0.3 is 13.7 Å². The van der Waals surface area contributed by atoms with Crippen molar-refractivity contribution in [1.29, 1.82) is 0 Å². The van der Waals surface area contributed by atoms with Gasteiger partial charge in [0.2, 0.25) is 0 Å². The van der Waals surface area contributed by atoms with Crippen molar-refractivity contribution in [2.75, 3.05) is 4.90 Å². The minimum absolute atomic E-state index is 0.323. The number of fused-ring (bicyclic) bond motifs is 20. The maximum Gasteiger partial charge on any atom is 0.143 e. The predicted molar refractivity (Wildman–Crippen MR) is 299 cm³/mol. The molecule has 1 atom stereocenters. The number of rotatable bonds is 3. The Balaban J connectivity index is 0.986. The molecule has 0 radical (unpaired) electrons. The molecule has 0 spiro atoms. The van der Waals surface area contributed by atoms with Crippen LogP contribution >= 0.6 is 0 Å². The fraction of sp³-hybridized carbons (Fsp3) is 0.130. The highest BCUT2D eigenvalue weighted by atomic mass is 16.3. The quantitative estimate of drug-likeness (QED) is 0.177. The van der Waals surface area contributed by atoms with Crippen LogP contribution in [0.15, 0.2) is 191 Å². The second-order valence-corrected chi connectivity index (χ2v) is 21.6. The molecule has 2 aliphatic carbocycles. The summed E-state index contributed by atoms with van der Waals surface area (Å²) in [6.07, 6.45) is 0. The molecule has 2 aromatic heterocycles. The second kappa shape index (κ2) is 14.4. The van der Waals surface area contributed by atoms with Gasteiger partial charge >= 0.3 is 0 Å². The van der Waals surface area contributed by atoms with Crippen LogP contribution in [0.4, 0.5) is 17.1 Å². The molecule has 72 heavy (non-hydrogen) atoms. The van der Waals surface area contributed by atoms with Crippen LogP contribution in [0.5, 0.6) is 0 Å². The van der Waals surface area contributed by atoms with Crippen molar-refractivity contribution in [3.8, 4) is 55.6 Å². The van der Waals surface area contributed by atoms with Crippen molar-refractivity contribution in [3.63, 3.8) is 0 Å². The highest BCUT2D eigenvalue weighted by Gasteiger charge is 2.45. The van der Waals surface area contributed by atoms with Gasteiger partial charge in [-0.1, -0.05) is 146 Å². The molecule has 0 amide bonds. The number of nitrogens with zero attached hydrogens (tertiary/aromatic N) is 1. The first kappa shape index (κ1) is 41.4. The third-order valence-electron chi connectivity index (χ3n) is 17.0. The summed E-state index contributed by atoms with van der Waals surface area (Å²) in [5.41, 5.74) is 29.9. The Morgan fingerprint density at radius 3 is 1.54 bits per heavy atom. The van der Waals surface area contributed by atoms with E-state index in [1.807, 2.05) is 0 Å². The summed E-state index contributed by atoms with van der Waals surface area (Å²) in [7, 11) is 0.